The summed E-state index contributed by atoms with van der Waals surface area (Å²) in [7, 11) is -7.24. The summed E-state index contributed by atoms with van der Waals surface area (Å²) in [5, 5.41) is 149. The molecule has 0 saturated heterocycles. The van der Waals surface area contributed by atoms with E-state index in [2.05, 4.69) is 138 Å². The highest BCUT2D eigenvalue weighted by molar-refractivity contribution is 6.51. The van der Waals surface area contributed by atoms with Crippen LogP contribution in [0, 0.1) is 44.9 Å². The van der Waals surface area contributed by atoms with Crippen molar-refractivity contribution in [1.29, 1.82) is 21.0 Å². The maximum absolute atomic E-state index is 7.56. The summed E-state index contributed by atoms with van der Waals surface area (Å²) in [4.78, 5) is 0. The van der Waals surface area contributed by atoms with Gasteiger partial charge in [-0.2, -0.15) is 0 Å². The van der Waals surface area contributed by atoms with Crippen molar-refractivity contribution < 1.29 is 40.2 Å². The SMILES string of the molecule is CCCn1ccnn1.CCCn1ccnn1.CCCn1ccnn1.CCCn1ccnn1.CCCn1ccnn1.CCCn1ccnn1.CCCn1ccnn1.CCCn1ccnn1.N#CB(O)O.N#CB(O)O.N#CB(O)O.N#CB(O)O. The lowest BCUT2D eigenvalue weighted by atomic mass is 9.97. The Kier molecular flexibility index (Phi) is 61.3. The summed E-state index contributed by atoms with van der Waals surface area (Å²) < 4.78 is 14.6. The molecule has 8 aromatic heterocycles. The Balaban J connectivity index is -0.000000418. The van der Waals surface area contributed by atoms with Crippen molar-refractivity contribution in [2.75, 3.05) is 0 Å². The number of hydrogen-bond donors (Lipinski definition) is 8. The minimum absolute atomic E-state index is 0.972. The smallest absolute Gasteiger partial charge is 0.415 e. The quantitative estimate of drug-likeness (QED) is 0.0570. The fourth-order valence-electron chi connectivity index (χ4n) is 4.65. The van der Waals surface area contributed by atoms with Gasteiger partial charge in [-0.25, -0.2) is 21.0 Å². The van der Waals surface area contributed by atoms with Crippen LogP contribution in [0.1, 0.15) is 107 Å². The Labute approximate surface area is 490 Å². The largest absolute Gasteiger partial charge is 0.573 e. The number of rotatable bonds is 16. The molecule has 8 aromatic rings. The molecule has 40 heteroatoms. The second-order valence-corrected chi connectivity index (χ2v) is 15.3. The summed E-state index contributed by atoms with van der Waals surface area (Å²) in [5.74, 6) is 4.56. The molecular weight excluding hydrogens is 1090 g/mol. The minimum atomic E-state index is -1.81. The predicted octanol–water partition coefficient (Wildman–Crippen LogP) is -0.407. The molecule has 0 atom stereocenters. The molecular formula is C44H80B4N28O8. The summed E-state index contributed by atoms with van der Waals surface area (Å²) in [6, 6.07) is 0. The summed E-state index contributed by atoms with van der Waals surface area (Å²) >= 11 is 0. The van der Waals surface area contributed by atoms with E-state index >= 15 is 0 Å². The summed E-state index contributed by atoms with van der Waals surface area (Å²) in [6.07, 6.45) is 37.4. The molecule has 8 rings (SSSR count). The van der Waals surface area contributed by atoms with Gasteiger partial charge in [-0.1, -0.05) is 97.1 Å². The van der Waals surface area contributed by atoms with Gasteiger partial charge >= 0.3 is 28.5 Å². The fraction of sp³-hybridized carbons (Fsp3) is 0.545. The van der Waals surface area contributed by atoms with Gasteiger partial charge in [0.25, 0.3) is 0 Å². The second-order valence-electron chi connectivity index (χ2n) is 15.3. The van der Waals surface area contributed by atoms with Crippen molar-refractivity contribution in [3.05, 3.63) is 99.1 Å². The van der Waals surface area contributed by atoms with Crippen molar-refractivity contribution in [2.45, 2.75) is 159 Å². The Morgan fingerprint density at radius 1 is 0.250 bits per heavy atom. The van der Waals surface area contributed by atoms with E-state index in [9.17, 15) is 0 Å². The lowest BCUT2D eigenvalue weighted by molar-refractivity contribution is 0.425. The van der Waals surface area contributed by atoms with Crippen molar-refractivity contribution >= 4 is 28.5 Å². The van der Waals surface area contributed by atoms with Crippen LogP contribution >= 0.6 is 0 Å². The molecule has 0 aliphatic carbocycles. The lowest BCUT2D eigenvalue weighted by Gasteiger charge is -1.90. The molecule has 0 saturated carbocycles. The zero-order chi connectivity index (χ0) is 63.7. The molecule has 0 radical (unpaired) electrons. The molecule has 0 spiro atoms. The average Bonchev–Trinajstić information content (AvgIpc) is 4.32. The van der Waals surface area contributed by atoms with Crippen LogP contribution in [0.5, 0.6) is 0 Å². The monoisotopic (exact) mass is 1170 g/mol. The molecule has 8 heterocycles. The normalized spacial score (nSPS) is 8.71. The number of hydrogen-bond acceptors (Lipinski definition) is 28. The molecule has 84 heavy (non-hydrogen) atoms. The lowest BCUT2D eigenvalue weighted by Crippen LogP contribution is -2.05. The van der Waals surface area contributed by atoms with Gasteiger partial charge in [0.1, 0.15) is 0 Å². The van der Waals surface area contributed by atoms with Gasteiger partial charge in [0, 0.05) is 102 Å². The molecule has 0 aliphatic rings. The van der Waals surface area contributed by atoms with E-state index in [1.807, 2.05) is 87.0 Å². The molecule has 0 aromatic carbocycles. The van der Waals surface area contributed by atoms with Crippen LogP contribution in [0.3, 0.4) is 0 Å². The number of aromatic nitrogens is 24. The van der Waals surface area contributed by atoms with Crippen LogP contribution in [0.25, 0.3) is 0 Å². The Bertz CT molecular complexity index is 2090. The maximum atomic E-state index is 7.56. The van der Waals surface area contributed by atoms with Crippen LogP contribution < -0.4 is 0 Å². The highest BCUT2D eigenvalue weighted by atomic mass is 16.4. The summed E-state index contributed by atoms with van der Waals surface area (Å²) in [6.45, 7) is 24.7. The molecule has 0 aliphatic heterocycles. The average molecular weight is 1170 g/mol. The molecule has 0 bridgehead atoms. The first-order valence-electron chi connectivity index (χ1n) is 26.3. The van der Waals surface area contributed by atoms with Crippen LogP contribution in [0.15, 0.2) is 99.1 Å². The van der Waals surface area contributed by atoms with Gasteiger partial charge in [0.05, 0.1) is 73.4 Å². The minimum Gasteiger partial charge on any atom is -0.415 e. The second kappa shape index (κ2) is 63.2. The van der Waals surface area contributed by atoms with E-state index in [1.54, 1.807) is 49.6 Å². The molecule has 456 valence electrons. The Morgan fingerprint density at radius 2 is 0.345 bits per heavy atom. The van der Waals surface area contributed by atoms with Crippen LogP contribution in [-0.2, 0) is 52.4 Å². The molecule has 36 nitrogen and oxygen atoms in total. The Hall–Kier alpha value is -8.98. The van der Waals surface area contributed by atoms with Crippen molar-refractivity contribution in [3.63, 3.8) is 0 Å². The van der Waals surface area contributed by atoms with Crippen molar-refractivity contribution in [1.82, 2.24) is 120 Å². The van der Waals surface area contributed by atoms with Gasteiger partial charge in [-0.05, 0) is 51.4 Å². The molecule has 0 fully saturated rings. The molecule has 0 amide bonds. The fourth-order valence-corrected chi connectivity index (χ4v) is 4.65. The zero-order valence-corrected chi connectivity index (χ0v) is 49.0. The van der Waals surface area contributed by atoms with Crippen LogP contribution in [-0.4, -0.2) is 189 Å². The first-order valence-corrected chi connectivity index (χ1v) is 26.3. The van der Waals surface area contributed by atoms with Crippen LogP contribution in [0.2, 0.25) is 0 Å². The van der Waals surface area contributed by atoms with Crippen LogP contribution in [0.4, 0.5) is 0 Å². The predicted molar refractivity (Wildman–Crippen MR) is 306 cm³/mol. The van der Waals surface area contributed by atoms with E-state index in [-0.39, 0.29) is 0 Å². The third-order valence-corrected chi connectivity index (χ3v) is 7.86. The van der Waals surface area contributed by atoms with Gasteiger partial charge in [0.2, 0.25) is 0 Å². The van der Waals surface area contributed by atoms with Gasteiger partial charge in [-0.3, -0.25) is 37.5 Å². The van der Waals surface area contributed by atoms with E-state index in [4.69, 9.17) is 61.2 Å². The highest BCUT2D eigenvalue weighted by Crippen LogP contribution is 1.88. The van der Waals surface area contributed by atoms with E-state index < -0.39 is 28.5 Å². The van der Waals surface area contributed by atoms with Gasteiger partial charge in [-0.15, -0.1) is 40.8 Å². The van der Waals surface area contributed by atoms with E-state index in [0.717, 1.165) is 128 Å². The summed E-state index contributed by atoms with van der Waals surface area (Å²) in [5.41, 5.74) is 0. The third-order valence-electron chi connectivity index (χ3n) is 7.86. The topological polar surface area (TPSA) is 503 Å². The molecule has 8 N–H and O–H groups in total. The van der Waals surface area contributed by atoms with Crippen molar-refractivity contribution in [3.8, 4) is 23.9 Å². The van der Waals surface area contributed by atoms with Gasteiger partial charge in [0.15, 0.2) is 0 Å². The highest BCUT2D eigenvalue weighted by Gasteiger charge is 2.00. The first kappa shape index (κ1) is 81.5. The standard InChI is InChI=1S/8C5H9N3.4CH2BNO2/c8*1-2-4-8-5-3-6-7-8;4*3-1-2(4)5/h8*3,5H,2,4H2,1H3;4*4-5H. The zero-order valence-electron chi connectivity index (χ0n) is 49.0. The number of nitriles is 4. The third kappa shape index (κ3) is 60.7. The van der Waals surface area contributed by atoms with Crippen molar-refractivity contribution in [2.24, 2.45) is 0 Å². The Morgan fingerprint density at radius 3 is 0.393 bits per heavy atom. The number of nitrogens with zero attached hydrogens (tertiary/aromatic N) is 28. The first-order chi connectivity index (χ1) is 40.5. The molecule has 0 unspecified atom stereocenters. The van der Waals surface area contributed by atoms with E-state index in [0.29, 0.717) is 0 Å². The van der Waals surface area contributed by atoms with Gasteiger partial charge < -0.3 is 40.2 Å². The number of aryl methyl sites for hydroxylation is 8. The van der Waals surface area contributed by atoms with E-state index in [1.165, 1.54) is 0 Å². The maximum Gasteiger partial charge on any atom is 0.573 e.